The Labute approximate surface area is 169 Å². The number of carbonyl (C=O) groups is 2. The van der Waals surface area contributed by atoms with E-state index in [4.69, 9.17) is 16.7 Å². The maximum atomic E-state index is 12.8. The zero-order valence-electron chi connectivity index (χ0n) is 15.9. The number of halogens is 1. The van der Waals surface area contributed by atoms with Crippen molar-refractivity contribution in [2.75, 3.05) is 24.5 Å². The highest BCUT2D eigenvalue weighted by Gasteiger charge is 2.21. The molecule has 0 saturated carbocycles. The zero-order valence-corrected chi connectivity index (χ0v) is 16.6. The molecule has 2 heterocycles. The predicted octanol–water partition coefficient (Wildman–Crippen LogP) is 3.70. The minimum atomic E-state index is -0.950. The Hall–Kier alpha value is -2.60. The Morgan fingerprint density at radius 1 is 1.18 bits per heavy atom. The van der Waals surface area contributed by atoms with Crippen LogP contribution in [0.15, 0.2) is 30.3 Å². The van der Waals surface area contributed by atoms with E-state index >= 15 is 0 Å². The van der Waals surface area contributed by atoms with E-state index in [1.165, 1.54) is 6.42 Å². The molecule has 1 saturated heterocycles. The number of benzene rings is 1. The van der Waals surface area contributed by atoms with Crippen molar-refractivity contribution in [3.05, 3.63) is 57.7 Å². The van der Waals surface area contributed by atoms with Gasteiger partial charge in [-0.25, -0.2) is 9.78 Å². The summed E-state index contributed by atoms with van der Waals surface area (Å²) in [6.07, 6.45) is 4.00. The van der Waals surface area contributed by atoms with Gasteiger partial charge in [-0.1, -0.05) is 23.7 Å². The third-order valence-electron chi connectivity index (χ3n) is 4.93. The van der Waals surface area contributed by atoms with Crippen molar-refractivity contribution in [3.63, 3.8) is 0 Å². The zero-order chi connectivity index (χ0) is 20.1. The number of carbonyl (C=O) groups excluding carboxylic acids is 1. The summed E-state index contributed by atoms with van der Waals surface area (Å²) < 4.78 is 0. The van der Waals surface area contributed by atoms with Gasteiger partial charge in [-0.05, 0) is 56.4 Å². The molecular formula is C21H24ClN3O3. The first-order chi connectivity index (χ1) is 13.5. The van der Waals surface area contributed by atoms with E-state index in [0.29, 0.717) is 29.4 Å². The molecule has 0 aliphatic carbocycles. The molecular weight excluding hydrogens is 378 g/mol. The third-order valence-corrected chi connectivity index (χ3v) is 5.31. The maximum Gasteiger partial charge on any atom is 0.335 e. The smallest absolute Gasteiger partial charge is 0.335 e. The summed E-state index contributed by atoms with van der Waals surface area (Å²) >= 11 is 6.23. The topological polar surface area (TPSA) is 82.5 Å². The Bertz CT molecular complexity index is 862. The van der Waals surface area contributed by atoms with Crippen molar-refractivity contribution >= 4 is 29.3 Å². The molecule has 3 rings (SSSR count). The van der Waals surface area contributed by atoms with Gasteiger partial charge in [0.1, 0.15) is 5.82 Å². The van der Waals surface area contributed by atoms with Gasteiger partial charge < -0.3 is 15.3 Å². The van der Waals surface area contributed by atoms with Gasteiger partial charge in [0.15, 0.2) is 0 Å². The van der Waals surface area contributed by atoms with Gasteiger partial charge in [0.2, 0.25) is 0 Å². The van der Waals surface area contributed by atoms with E-state index in [1.54, 1.807) is 30.3 Å². The highest BCUT2D eigenvalue weighted by molar-refractivity contribution is 6.31. The van der Waals surface area contributed by atoms with Crippen LogP contribution in [0.1, 0.15) is 51.2 Å². The van der Waals surface area contributed by atoms with Crippen LogP contribution >= 0.6 is 11.6 Å². The van der Waals surface area contributed by atoms with Gasteiger partial charge in [0.05, 0.1) is 21.8 Å². The number of piperidine rings is 1. The summed E-state index contributed by atoms with van der Waals surface area (Å²) in [7, 11) is 0. The van der Waals surface area contributed by atoms with Gasteiger partial charge >= 0.3 is 5.97 Å². The molecule has 2 N–H and O–H groups in total. The van der Waals surface area contributed by atoms with Crippen molar-refractivity contribution in [2.24, 2.45) is 0 Å². The first-order valence-corrected chi connectivity index (χ1v) is 9.86. The van der Waals surface area contributed by atoms with Crippen molar-refractivity contribution in [3.8, 4) is 0 Å². The monoisotopic (exact) mass is 401 g/mol. The number of aryl methyl sites for hydroxylation is 1. The largest absolute Gasteiger partial charge is 0.478 e. The van der Waals surface area contributed by atoms with Crippen LogP contribution in [0.5, 0.6) is 0 Å². The highest BCUT2D eigenvalue weighted by atomic mass is 35.5. The molecule has 1 aromatic carbocycles. The average Bonchev–Trinajstić information content (AvgIpc) is 2.70. The Morgan fingerprint density at radius 2 is 1.86 bits per heavy atom. The quantitative estimate of drug-likeness (QED) is 0.771. The van der Waals surface area contributed by atoms with E-state index in [9.17, 15) is 9.59 Å². The van der Waals surface area contributed by atoms with Crippen molar-refractivity contribution < 1.29 is 14.7 Å². The lowest BCUT2D eigenvalue weighted by atomic mass is 10.1. The molecule has 0 spiro atoms. The van der Waals surface area contributed by atoms with Crippen molar-refractivity contribution in [1.82, 2.24) is 10.3 Å². The number of hydrogen-bond donors (Lipinski definition) is 2. The number of pyridine rings is 1. The Kier molecular flexibility index (Phi) is 6.52. The second kappa shape index (κ2) is 9.06. The lowest BCUT2D eigenvalue weighted by Gasteiger charge is -2.29. The number of carboxylic acids is 1. The van der Waals surface area contributed by atoms with Gasteiger partial charge in [-0.2, -0.15) is 0 Å². The van der Waals surface area contributed by atoms with Gasteiger partial charge in [-0.3, -0.25) is 4.79 Å². The summed E-state index contributed by atoms with van der Waals surface area (Å²) in [5.74, 6) is -0.448. The van der Waals surface area contributed by atoms with Crippen molar-refractivity contribution in [2.45, 2.75) is 32.6 Å². The standard InChI is InChI=1S/C21H24ClN3O3/c1-14-18(22)13-17(19(24-14)25-11-3-2-4-12-25)20(26)23-10-9-15-5-7-16(8-6-15)21(27)28/h5-8,13H,2-4,9-12H2,1H3,(H,23,26)(H,27,28). The van der Waals surface area contributed by atoms with E-state index in [0.717, 1.165) is 37.2 Å². The Balaban J connectivity index is 1.67. The summed E-state index contributed by atoms with van der Waals surface area (Å²) in [4.78, 5) is 30.4. The van der Waals surface area contributed by atoms with Crippen LogP contribution in [0.25, 0.3) is 0 Å². The number of aromatic carboxylic acids is 1. The summed E-state index contributed by atoms with van der Waals surface area (Å²) in [5.41, 5.74) is 2.43. The number of nitrogens with one attached hydrogen (secondary N) is 1. The second-order valence-corrected chi connectivity index (χ2v) is 7.39. The fourth-order valence-electron chi connectivity index (χ4n) is 3.31. The van der Waals surface area contributed by atoms with Gasteiger partial charge in [-0.15, -0.1) is 0 Å². The minimum Gasteiger partial charge on any atom is -0.478 e. The predicted molar refractivity (Wildman–Crippen MR) is 109 cm³/mol. The van der Waals surface area contributed by atoms with Crippen LogP contribution in [-0.2, 0) is 6.42 Å². The Morgan fingerprint density at radius 3 is 2.50 bits per heavy atom. The normalized spacial score (nSPS) is 14.0. The third kappa shape index (κ3) is 4.81. The van der Waals surface area contributed by atoms with Gasteiger partial charge in [0.25, 0.3) is 5.91 Å². The number of anilines is 1. The number of nitrogens with zero attached hydrogens (tertiary/aromatic N) is 2. The summed E-state index contributed by atoms with van der Waals surface area (Å²) in [6.45, 7) is 4.07. The molecule has 1 fully saturated rings. The first-order valence-electron chi connectivity index (χ1n) is 9.48. The van der Waals surface area contributed by atoms with Crippen LogP contribution < -0.4 is 10.2 Å². The van der Waals surface area contributed by atoms with Crippen LogP contribution in [0.3, 0.4) is 0 Å². The lowest BCUT2D eigenvalue weighted by Crippen LogP contribution is -2.34. The van der Waals surface area contributed by atoms with E-state index in [-0.39, 0.29) is 11.5 Å². The fourth-order valence-corrected chi connectivity index (χ4v) is 3.46. The first kappa shape index (κ1) is 20.1. The molecule has 0 bridgehead atoms. The molecule has 0 atom stereocenters. The molecule has 1 aliphatic rings. The highest BCUT2D eigenvalue weighted by Crippen LogP contribution is 2.26. The maximum absolute atomic E-state index is 12.8. The molecule has 148 valence electrons. The van der Waals surface area contributed by atoms with Crippen LogP contribution in [0, 0.1) is 6.92 Å². The van der Waals surface area contributed by atoms with Crippen molar-refractivity contribution in [1.29, 1.82) is 0 Å². The molecule has 28 heavy (non-hydrogen) atoms. The molecule has 0 unspecified atom stereocenters. The van der Waals surface area contributed by atoms with E-state index in [1.807, 2.05) is 6.92 Å². The van der Waals surface area contributed by atoms with Crippen LogP contribution in [-0.4, -0.2) is 41.6 Å². The lowest BCUT2D eigenvalue weighted by molar-refractivity contribution is 0.0696. The van der Waals surface area contributed by atoms with E-state index < -0.39 is 5.97 Å². The molecule has 7 heteroatoms. The fraction of sp³-hybridized carbons (Fsp3) is 0.381. The average molecular weight is 402 g/mol. The molecule has 1 amide bonds. The molecule has 1 aromatic heterocycles. The molecule has 0 radical (unpaired) electrons. The van der Waals surface area contributed by atoms with E-state index in [2.05, 4.69) is 15.2 Å². The minimum absolute atomic E-state index is 0.197. The summed E-state index contributed by atoms with van der Waals surface area (Å²) in [6, 6.07) is 8.36. The molecule has 2 aromatic rings. The number of amides is 1. The second-order valence-electron chi connectivity index (χ2n) is 6.98. The SMILES string of the molecule is Cc1nc(N2CCCCC2)c(C(=O)NCCc2ccc(C(=O)O)cc2)cc1Cl. The summed E-state index contributed by atoms with van der Waals surface area (Å²) in [5, 5.41) is 12.4. The van der Waals surface area contributed by atoms with Crippen LogP contribution in [0.2, 0.25) is 5.02 Å². The molecule has 1 aliphatic heterocycles. The number of carboxylic acid groups (broad SMARTS) is 1. The molecule has 6 nitrogen and oxygen atoms in total. The van der Waals surface area contributed by atoms with Crippen LogP contribution in [0.4, 0.5) is 5.82 Å². The number of aromatic nitrogens is 1. The number of rotatable bonds is 6. The van der Waals surface area contributed by atoms with Gasteiger partial charge in [0, 0.05) is 19.6 Å². The number of hydrogen-bond acceptors (Lipinski definition) is 4.